The first-order chi connectivity index (χ1) is 12.0. The number of amides is 1. The van der Waals surface area contributed by atoms with E-state index in [-0.39, 0.29) is 5.91 Å². The summed E-state index contributed by atoms with van der Waals surface area (Å²) in [4.78, 5) is 13.9. The van der Waals surface area contributed by atoms with Crippen molar-refractivity contribution in [1.29, 1.82) is 0 Å². The highest BCUT2D eigenvalue weighted by molar-refractivity contribution is 7.98. The molecule has 3 aromatic rings. The largest absolute Gasteiger partial charge is 0.360 e. The molecule has 25 heavy (non-hydrogen) atoms. The lowest BCUT2D eigenvalue weighted by Gasteiger charge is -2.08. The molecule has 1 heterocycles. The second kappa shape index (κ2) is 7.52. The molecule has 2 aromatic carbocycles. The zero-order valence-electron chi connectivity index (χ0n) is 13.5. The van der Waals surface area contributed by atoms with E-state index in [4.69, 9.17) is 27.7 Å². The van der Waals surface area contributed by atoms with Gasteiger partial charge in [-0.05, 0) is 49.6 Å². The summed E-state index contributed by atoms with van der Waals surface area (Å²) in [5.41, 5.74) is 1.79. The molecule has 1 amide bonds. The molecular formula is C18H14Cl2N2O2S. The van der Waals surface area contributed by atoms with E-state index in [0.29, 0.717) is 38.3 Å². The third kappa shape index (κ3) is 3.68. The minimum atomic E-state index is -0.332. The number of aryl methyl sites for hydroxylation is 1. The average molecular weight is 393 g/mol. The van der Waals surface area contributed by atoms with Crippen molar-refractivity contribution in [2.75, 3.05) is 11.6 Å². The molecule has 0 aliphatic rings. The maximum Gasteiger partial charge on any atom is 0.261 e. The molecule has 0 aliphatic heterocycles. The van der Waals surface area contributed by atoms with Gasteiger partial charge in [-0.1, -0.05) is 34.4 Å². The lowest BCUT2D eigenvalue weighted by Crippen LogP contribution is -2.13. The fourth-order valence-electron chi connectivity index (χ4n) is 2.40. The van der Waals surface area contributed by atoms with Crippen LogP contribution in [-0.4, -0.2) is 17.3 Å². The van der Waals surface area contributed by atoms with Gasteiger partial charge in [0.25, 0.3) is 5.91 Å². The van der Waals surface area contributed by atoms with Crippen LogP contribution >= 0.6 is 35.0 Å². The molecule has 1 aromatic heterocycles. The molecule has 0 fully saturated rings. The Balaban J connectivity index is 1.97. The topological polar surface area (TPSA) is 55.1 Å². The lowest BCUT2D eigenvalue weighted by molar-refractivity contribution is 0.102. The second-order valence-corrected chi connectivity index (χ2v) is 6.94. The Labute approximate surface area is 159 Å². The van der Waals surface area contributed by atoms with Crippen molar-refractivity contribution in [2.24, 2.45) is 0 Å². The maximum absolute atomic E-state index is 12.8. The van der Waals surface area contributed by atoms with Crippen molar-refractivity contribution < 1.29 is 9.32 Å². The van der Waals surface area contributed by atoms with Crippen LogP contribution in [0.4, 0.5) is 5.69 Å². The van der Waals surface area contributed by atoms with Gasteiger partial charge < -0.3 is 9.84 Å². The zero-order valence-corrected chi connectivity index (χ0v) is 15.8. The van der Waals surface area contributed by atoms with Crippen molar-refractivity contribution in [2.45, 2.75) is 11.8 Å². The van der Waals surface area contributed by atoms with E-state index in [1.54, 1.807) is 36.9 Å². The summed E-state index contributed by atoms with van der Waals surface area (Å²) < 4.78 is 5.22. The number of aromatic nitrogens is 1. The van der Waals surface area contributed by atoms with Gasteiger partial charge in [0, 0.05) is 16.1 Å². The highest BCUT2D eigenvalue weighted by Gasteiger charge is 2.24. The Morgan fingerprint density at radius 1 is 1.12 bits per heavy atom. The minimum absolute atomic E-state index is 0.309. The predicted octanol–water partition coefficient (Wildman–Crippen LogP) is 5.93. The van der Waals surface area contributed by atoms with Gasteiger partial charge in [0.1, 0.15) is 17.0 Å². The second-order valence-electron chi connectivity index (χ2n) is 5.24. The number of hydrogen-bond donors (Lipinski definition) is 1. The van der Waals surface area contributed by atoms with Gasteiger partial charge in [0.05, 0.1) is 10.0 Å². The molecule has 0 saturated heterocycles. The maximum atomic E-state index is 12.8. The highest BCUT2D eigenvalue weighted by atomic mass is 35.5. The SMILES string of the molecule is CSc1ccc(NC(=O)c2c(-c3c(Cl)cccc3Cl)noc2C)cc1. The summed E-state index contributed by atoms with van der Waals surface area (Å²) in [5, 5.41) is 7.64. The molecule has 4 nitrogen and oxygen atoms in total. The van der Waals surface area contributed by atoms with Gasteiger partial charge in [0.2, 0.25) is 0 Å². The standard InChI is InChI=1S/C18H14Cl2N2O2S/c1-10-15(18(23)21-11-6-8-12(25-2)9-7-11)17(22-24-10)16-13(19)4-3-5-14(16)20/h3-9H,1-2H3,(H,21,23). The Hall–Kier alpha value is -1.95. The van der Waals surface area contributed by atoms with Gasteiger partial charge in [-0.15, -0.1) is 11.8 Å². The summed E-state index contributed by atoms with van der Waals surface area (Å²) in [5.74, 6) is 0.0610. The van der Waals surface area contributed by atoms with Gasteiger partial charge in [-0.25, -0.2) is 0 Å². The molecule has 0 bridgehead atoms. The van der Waals surface area contributed by atoms with Crippen LogP contribution in [0, 0.1) is 6.92 Å². The molecule has 0 spiro atoms. The van der Waals surface area contributed by atoms with Gasteiger partial charge in [-0.3, -0.25) is 4.79 Å². The van der Waals surface area contributed by atoms with Crippen LogP contribution in [0.25, 0.3) is 11.3 Å². The minimum Gasteiger partial charge on any atom is -0.360 e. The quantitative estimate of drug-likeness (QED) is 0.558. The third-order valence-electron chi connectivity index (χ3n) is 3.64. The number of carbonyl (C=O) groups excluding carboxylic acids is 1. The number of nitrogens with one attached hydrogen (secondary N) is 1. The van der Waals surface area contributed by atoms with Crippen molar-refractivity contribution in [3.05, 3.63) is 63.8 Å². The fourth-order valence-corrected chi connectivity index (χ4v) is 3.39. The van der Waals surface area contributed by atoms with Crippen LogP contribution < -0.4 is 5.32 Å². The smallest absolute Gasteiger partial charge is 0.261 e. The van der Waals surface area contributed by atoms with Gasteiger partial charge in [0.15, 0.2) is 0 Å². The molecular weight excluding hydrogens is 379 g/mol. The number of halogens is 2. The molecule has 0 radical (unpaired) electrons. The molecule has 0 unspecified atom stereocenters. The van der Waals surface area contributed by atoms with Gasteiger partial charge >= 0.3 is 0 Å². The van der Waals surface area contributed by atoms with Crippen LogP contribution in [0.3, 0.4) is 0 Å². The van der Waals surface area contributed by atoms with Crippen molar-refractivity contribution in [3.63, 3.8) is 0 Å². The fraction of sp³-hybridized carbons (Fsp3) is 0.111. The zero-order chi connectivity index (χ0) is 18.0. The number of benzene rings is 2. The molecule has 0 aliphatic carbocycles. The lowest BCUT2D eigenvalue weighted by atomic mass is 10.1. The Morgan fingerprint density at radius 2 is 1.76 bits per heavy atom. The number of carbonyl (C=O) groups is 1. The monoisotopic (exact) mass is 392 g/mol. The van der Waals surface area contributed by atoms with Crippen LogP contribution in [0.1, 0.15) is 16.1 Å². The Bertz CT molecular complexity index is 903. The third-order valence-corrected chi connectivity index (χ3v) is 5.01. The van der Waals surface area contributed by atoms with Crippen molar-refractivity contribution in [3.8, 4) is 11.3 Å². The first-order valence-electron chi connectivity index (χ1n) is 7.37. The van der Waals surface area contributed by atoms with Crippen molar-refractivity contribution >= 4 is 46.6 Å². The molecule has 3 rings (SSSR count). The van der Waals surface area contributed by atoms with E-state index in [1.807, 2.05) is 30.5 Å². The highest BCUT2D eigenvalue weighted by Crippen LogP contribution is 2.37. The number of anilines is 1. The summed E-state index contributed by atoms with van der Waals surface area (Å²) in [7, 11) is 0. The van der Waals surface area contributed by atoms with E-state index in [1.165, 1.54) is 0 Å². The van der Waals surface area contributed by atoms with E-state index >= 15 is 0 Å². The molecule has 7 heteroatoms. The number of hydrogen-bond acceptors (Lipinski definition) is 4. The first-order valence-corrected chi connectivity index (χ1v) is 9.35. The van der Waals surface area contributed by atoms with Crippen LogP contribution in [-0.2, 0) is 0 Å². The normalized spacial score (nSPS) is 10.7. The van der Waals surface area contributed by atoms with Crippen LogP contribution in [0.2, 0.25) is 10.0 Å². The number of nitrogens with zero attached hydrogens (tertiary/aromatic N) is 1. The van der Waals surface area contributed by atoms with E-state index in [2.05, 4.69) is 10.5 Å². The molecule has 1 N–H and O–H groups in total. The first kappa shape index (κ1) is 17.9. The van der Waals surface area contributed by atoms with Gasteiger partial charge in [-0.2, -0.15) is 0 Å². The summed E-state index contributed by atoms with van der Waals surface area (Å²) >= 11 is 14.1. The van der Waals surface area contributed by atoms with E-state index in [0.717, 1.165) is 4.90 Å². The summed E-state index contributed by atoms with van der Waals surface area (Å²) in [6, 6.07) is 12.7. The number of thioether (sulfide) groups is 1. The molecule has 0 saturated carbocycles. The van der Waals surface area contributed by atoms with Crippen molar-refractivity contribution in [1.82, 2.24) is 5.16 Å². The van der Waals surface area contributed by atoms with Crippen LogP contribution in [0.15, 0.2) is 51.9 Å². The van der Waals surface area contributed by atoms with E-state index < -0.39 is 0 Å². The molecule has 0 atom stereocenters. The molecule has 128 valence electrons. The van der Waals surface area contributed by atoms with E-state index in [9.17, 15) is 4.79 Å². The summed E-state index contributed by atoms with van der Waals surface area (Å²) in [6.45, 7) is 1.67. The summed E-state index contributed by atoms with van der Waals surface area (Å²) in [6.07, 6.45) is 1.99. The predicted molar refractivity (Wildman–Crippen MR) is 103 cm³/mol. The van der Waals surface area contributed by atoms with Crippen LogP contribution in [0.5, 0.6) is 0 Å². The average Bonchev–Trinajstić information content (AvgIpc) is 2.97. The Kier molecular flexibility index (Phi) is 5.37. The number of rotatable bonds is 4. The Morgan fingerprint density at radius 3 is 2.36 bits per heavy atom.